The van der Waals surface area contributed by atoms with Gasteiger partial charge in [-0.2, -0.15) is 0 Å². The first-order valence-corrected chi connectivity index (χ1v) is 10.9. The molecule has 1 aliphatic rings. The molecule has 0 saturated carbocycles. The number of fused-ring (bicyclic) bond motifs is 1. The SMILES string of the molecule is COc1ccc(NC(=S)N(Cc2cc3ccc(C)cc3[nH]c2=O)CC2CCCO2)cc1. The van der Waals surface area contributed by atoms with Crippen LogP contribution in [0.2, 0.25) is 0 Å². The van der Waals surface area contributed by atoms with E-state index >= 15 is 0 Å². The van der Waals surface area contributed by atoms with Crippen LogP contribution in [0.3, 0.4) is 0 Å². The molecule has 2 aromatic carbocycles. The van der Waals surface area contributed by atoms with Crippen LogP contribution in [0.1, 0.15) is 24.0 Å². The quantitative estimate of drug-likeness (QED) is 0.563. The number of rotatable bonds is 6. The Hall–Kier alpha value is -2.90. The second-order valence-electron chi connectivity index (χ2n) is 7.89. The number of hydrogen-bond donors (Lipinski definition) is 2. The van der Waals surface area contributed by atoms with Gasteiger partial charge in [0.25, 0.3) is 5.56 Å². The van der Waals surface area contributed by atoms with Gasteiger partial charge in [0.15, 0.2) is 5.11 Å². The summed E-state index contributed by atoms with van der Waals surface area (Å²) in [5, 5.41) is 4.85. The van der Waals surface area contributed by atoms with Crippen molar-refractivity contribution in [1.82, 2.24) is 9.88 Å². The first kappa shape index (κ1) is 21.3. The van der Waals surface area contributed by atoms with E-state index < -0.39 is 0 Å². The zero-order valence-electron chi connectivity index (χ0n) is 17.8. The number of benzene rings is 2. The van der Waals surface area contributed by atoms with Crippen molar-refractivity contribution in [3.05, 3.63) is 70.0 Å². The number of nitrogens with one attached hydrogen (secondary N) is 2. The highest BCUT2D eigenvalue weighted by atomic mass is 32.1. The molecule has 2 heterocycles. The first-order valence-electron chi connectivity index (χ1n) is 10.5. The highest BCUT2D eigenvalue weighted by Gasteiger charge is 2.22. The van der Waals surface area contributed by atoms with E-state index in [2.05, 4.69) is 10.3 Å². The van der Waals surface area contributed by atoms with Crippen LogP contribution < -0.4 is 15.6 Å². The Bertz CT molecular complexity index is 1120. The molecule has 4 rings (SSSR count). The molecular formula is C24H27N3O3S. The van der Waals surface area contributed by atoms with Crippen molar-refractivity contribution in [3.63, 3.8) is 0 Å². The van der Waals surface area contributed by atoms with Crippen molar-refractivity contribution in [2.24, 2.45) is 0 Å². The molecule has 1 aliphatic heterocycles. The molecule has 3 aromatic rings. The van der Waals surface area contributed by atoms with Gasteiger partial charge in [-0.25, -0.2) is 0 Å². The van der Waals surface area contributed by atoms with Gasteiger partial charge in [0, 0.05) is 29.9 Å². The molecule has 1 unspecified atom stereocenters. The number of hydrogen-bond acceptors (Lipinski definition) is 4. The average molecular weight is 438 g/mol. The number of H-pyrrole nitrogens is 1. The number of aryl methyl sites for hydroxylation is 1. The first-order chi connectivity index (χ1) is 15.0. The maximum absolute atomic E-state index is 12.8. The molecule has 1 atom stereocenters. The molecule has 7 heteroatoms. The topological polar surface area (TPSA) is 66.6 Å². The van der Waals surface area contributed by atoms with Crippen LogP contribution in [-0.2, 0) is 11.3 Å². The number of methoxy groups -OCH3 is 1. The van der Waals surface area contributed by atoms with E-state index in [9.17, 15) is 4.79 Å². The van der Waals surface area contributed by atoms with E-state index in [1.807, 2.05) is 60.4 Å². The van der Waals surface area contributed by atoms with Crippen molar-refractivity contribution in [2.75, 3.05) is 25.6 Å². The third kappa shape index (κ3) is 5.24. The van der Waals surface area contributed by atoms with Crippen molar-refractivity contribution >= 4 is 33.9 Å². The van der Waals surface area contributed by atoms with Crippen molar-refractivity contribution in [1.29, 1.82) is 0 Å². The van der Waals surface area contributed by atoms with Crippen LogP contribution in [0.25, 0.3) is 10.9 Å². The lowest BCUT2D eigenvalue weighted by molar-refractivity contribution is 0.0904. The molecule has 0 aliphatic carbocycles. The lowest BCUT2D eigenvalue weighted by atomic mass is 10.1. The number of thiocarbonyl (C=S) groups is 1. The Morgan fingerprint density at radius 1 is 1.26 bits per heavy atom. The molecule has 162 valence electrons. The number of aromatic amines is 1. The van der Waals surface area contributed by atoms with E-state index in [0.717, 1.165) is 47.4 Å². The van der Waals surface area contributed by atoms with Crippen molar-refractivity contribution in [2.45, 2.75) is 32.4 Å². The smallest absolute Gasteiger partial charge is 0.253 e. The van der Waals surface area contributed by atoms with E-state index in [1.165, 1.54) is 0 Å². The van der Waals surface area contributed by atoms with E-state index in [1.54, 1.807) is 7.11 Å². The largest absolute Gasteiger partial charge is 0.497 e. The predicted molar refractivity (Wildman–Crippen MR) is 128 cm³/mol. The van der Waals surface area contributed by atoms with Gasteiger partial charge in [0.05, 0.1) is 19.8 Å². The molecule has 0 spiro atoms. The van der Waals surface area contributed by atoms with Crippen LogP contribution in [-0.4, -0.2) is 41.4 Å². The van der Waals surface area contributed by atoms with E-state index in [4.69, 9.17) is 21.7 Å². The summed E-state index contributed by atoms with van der Waals surface area (Å²) in [6.45, 7) is 3.82. The summed E-state index contributed by atoms with van der Waals surface area (Å²) in [6, 6.07) is 15.6. The molecular weight excluding hydrogens is 410 g/mol. The molecule has 2 N–H and O–H groups in total. The fraction of sp³-hybridized carbons (Fsp3) is 0.333. The Labute approximate surface area is 187 Å². The predicted octanol–water partition coefficient (Wildman–Crippen LogP) is 4.22. The van der Waals surface area contributed by atoms with Crippen molar-refractivity contribution < 1.29 is 9.47 Å². The highest BCUT2D eigenvalue weighted by Crippen LogP contribution is 2.19. The number of pyridine rings is 1. The van der Waals surface area contributed by atoms with Gasteiger partial charge in [-0.05, 0) is 79.3 Å². The second-order valence-corrected chi connectivity index (χ2v) is 8.28. The molecule has 0 bridgehead atoms. The van der Waals surface area contributed by atoms with Gasteiger partial charge in [-0.15, -0.1) is 0 Å². The molecule has 1 fully saturated rings. The highest BCUT2D eigenvalue weighted by molar-refractivity contribution is 7.80. The van der Waals surface area contributed by atoms with Crippen LogP contribution in [0.4, 0.5) is 5.69 Å². The number of anilines is 1. The molecule has 1 saturated heterocycles. The van der Waals surface area contributed by atoms with Crippen LogP contribution in [0.15, 0.2) is 53.3 Å². The zero-order valence-corrected chi connectivity index (χ0v) is 18.6. The minimum absolute atomic E-state index is 0.0947. The third-order valence-corrected chi connectivity index (χ3v) is 5.88. The van der Waals surface area contributed by atoms with Crippen molar-refractivity contribution in [3.8, 4) is 5.75 Å². The summed E-state index contributed by atoms with van der Waals surface area (Å²) in [7, 11) is 1.64. The Balaban J connectivity index is 1.57. The Kier molecular flexibility index (Phi) is 6.53. The molecule has 0 radical (unpaired) electrons. The summed E-state index contributed by atoms with van der Waals surface area (Å²) in [5.41, 5.74) is 3.40. The summed E-state index contributed by atoms with van der Waals surface area (Å²) >= 11 is 5.72. The van der Waals surface area contributed by atoms with Gasteiger partial charge in [0.1, 0.15) is 5.75 Å². The summed E-state index contributed by atoms with van der Waals surface area (Å²) in [5.74, 6) is 0.783. The van der Waals surface area contributed by atoms with E-state index in [0.29, 0.717) is 23.8 Å². The standard InChI is InChI=1S/C24H27N3O3S/c1-16-5-6-17-13-18(23(28)26-22(17)12-16)14-27(15-21-4-3-11-30-21)24(31)25-19-7-9-20(29-2)10-8-19/h5-10,12-13,21H,3-4,11,14-15H2,1-2H3,(H,25,31)(H,26,28). The lowest BCUT2D eigenvalue weighted by Gasteiger charge is -2.28. The van der Waals surface area contributed by atoms with Gasteiger partial charge < -0.3 is 24.7 Å². The molecule has 0 amide bonds. The number of ether oxygens (including phenoxy) is 2. The maximum Gasteiger partial charge on any atom is 0.253 e. The average Bonchev–Trinajstić information content (AvgIpc) is 3.27. The Morgan fingerprint density at radius 3 is 2.77 bits per heavy atom. The number of aromatic nitrogens is 1. The lowest BCUT2D eigenvalue weighted by Crippen LogP contribution is -2.40. The summed E-state index contributed by atoms with van der Waals surface area (Å²) in [4.78, 5) is 17.8. The summed E-state index contributed by atoms with van der Waals surface area (Å²) < 4.78 is 11.1. The minimum atomic E-state index is -0.0947. The van der Waals surface area contributed by atoms with Crippen LogP contribution in [0.5, 0.6) is 5.75 Å². The normalized spacial score (nSPS) is 15.7. The monoisotopic (exact) mass is 437 g/mol. The minimum Gasteiger partial charge on any atom is -0.497 e. The number of nitrogens with zero attached hydrogens (tertiary/aromatic N) is 1. The van der Waals surface area contributed by atoms with Crippen LogP contribution >= 0.6 is 12.2 Å². The molecule has 31 heavy (non-hydrogen) atoms. The van der Waals surface area contributed by atoms with Gasteiger partial charge >= 0.3 is 0 Å². The van der Waals surface area contributed by atoms with Crippen LogP contribution in [0, 0.1) is 6.92 Å². The Morgan fingerprint density at radius 2 is 2.06 bits per heavy atom. The summed E-state index contributed by atoms with van der Waals surface area (Å²) in [6.07, 6.45) is 2.15. The fourth-order valence-electron chi connectivity index (χ4n) is 3.81. The fourth-order valence-corrected chi connectivity index (χ4v) is 4.07. The van der Waals surface area contributed by atoms with Gasteiger partial charge in [0.2, 0.25) is 0 Å². The molecule has 1 aromatic heterocycles. The maximum atomic E-state index is 12.8. The second kappa shape index (κ2) is 9.49. The van der Waals surface area contributed by atoms with E-state index in [-0.39, 0.29) is 11.7 Å². The van der Waals surface area contributed by atoms with Gasteiger partial charge in [-0.3, -0.25) is 4.79 Å². The molecule has 6 nitrogen and oxygen atoms in total. The zero-order chi connectivity index (χ0) is 21.8. The van der Waals surface area contributed by atoms with Gasteiger partial charge in [-0.1, -0.05) is 12.1 Å². The third-order valence-electron chi connectivity index (χ3n) is 5.52.